The van der Waals surface area contributed by atoms with Crippen LogP contribution in [0.3, 0.4) is 0 Å². The van der Waals surface area contributed by atoms with Gasteiger partial charge in [0.25, 0.3) is 0 Å². The second-order valence-electron chi connectivity index (χ2n) is 2.33. The van der Waals surface area contributed by atoms with Crippen molar-refractivity contribution in [3.05, 3.63) is 0 Å². The molecule has 0 aromatic rings. The molecule has 11 heavy (non-hydrogen) atoms. The molecule has 1 saturated heterocycles. The summed E-state index contributed by atoms with van der Waals surface area (Å²) in [5.74, 6) is -0.532. The van der Waals surface area contributed by atoms with Gasteiger partial charge in [0.1, 0.15) is 0 Å². The summed E-state index contributed by atoms with van der Waals surface area (Å²) >= 11 is 0. The molecular formula is C6H12ClNO3. The van der Waals surface area contributed by atoms with Gasteiger partial charge in [0.15, 0.2) is 0 Å². The van der Waals surface area contributed by atoms with Crippen molar-refractivity contribution in [1.29, 1.82) is 0 Å². The number of rotatable bonds is 1. The zero-order valence-corrected chi connectivity index (χ0v) is 7.10. The van der Waals surface area contributed by atoms with Crippen molar-refractivity contribution in [2.45, 2.75) is 6.04 Å². The van der Waals surface area contributed by atoms with E-state index in [1.54, 1.807) is 0 Å². The number of hydrogen-bond donors (Lipinski definition) is 1. The lowest BCUT2D eigenvalue weighted by Crippen LogP contribution is -2.34. The standard InChI is InChI=1S/C6H11NO3.ClH/c1-9-6(8)4-2-10-3-5(4)7;/h4-5H,2-3,7H2,1H3;1H/t4-,5+;/m0./s1. The van der Waals surface area contributed by atoms with Crippen LogP contribution in [0.5, 0.6) is 0 Å². The first-order chi connectivity index (χ1) is 4.75. The lowest BCUT2D eigenvalue weighted by molar-refractivity contribution is -0.145. The Kier molecular flexibility index (Phi) is 4.40. The molecule has 1 fully saturated rings. The fourth-order valence-electron chi connectivity index (χ4n) is 0.965. The second-order valence-corrected chi connectivity index (χ2v) is 2.33. The van der Waals surface area contributed by atoms with Gasteiger partial charge in [-0.2, -0.15) is 0 Å². The Morgan fingerprint density at radius 3 is 2.64 bits per heavy atom. The van der Waals surface area contributed by atoms with Gasteiger partial charge < -0.3 is 15.2 Å². The van der Waals surface area contributed by atoms with Crippen LogP contribution in [-0.4, -0.2) is 32.3 Å². The van der Waals surface area contributed by atoms with Gasteiger partial charge in [0.05, 0.1) is 26.2 Å². The van der Waals surface area contributed by atoms with E-state index in [-0.39, 0.29) is 30.3 Å². The van der Waals surface area contributed by atoms with Crippen LogP contribution < -0.4 is 5.73 Å². The van der Waals surface area contributed by atoms with E-state index >= 15 is 0 Å². The molecule has 1 aliphatic rings. The lowest BCUT2D eigenvalue weighted by Gasteiger charge is -2.08. The monoisotopic (exact) mass is 181 g/mol. The molecule has 2 atom stereocenters. The van der Waals surface area contributed by atoms with E-state index in [2.05, 4.69) is 4.74 Å². The Hall–Kier alpha value is -0.320. The Morgan fingerprint density at radius 2 is 2.27 bits per heavy atom. The van der Waals surface area contributed by atoms with Crippen LogP contribution in [0.25, 0.3) is 0 Å². The maximum atomic E-state index is 10.8. The summed E-state index contributed by atoms with van der Waals surface area (Å²) in [6.07, 6.45) is 0. The van der Waals surface area contributed by atoms with Crippen LogP contribution in [0.4, 0.5) is 0 Å². The van der Waals surface area contributed by atoms with Gasteiger partial charge in [-0.3, -0.25) is 4.79 Å². The van der Waals surface area contributed by atoms with Crippen LogP contribution in [0.2, 0.25) is 0 Å². The molecule has 0 radical (unpaired) electrons. The van der Waals surface area contributed by atoms with Crippen molar-refractivity contribution in [3.8, 4) is 0 Å². The van der Waals surface area contributed by atoms with Gasteiger partial charge in [-0.1, -0.05) is 0 Å². The summed E-state index contributed by atoms with van der Waals surface area (Å²) in [5, 5.41) is 0. The lowest BCUT2D eigenvalue weighted by atomic mass is 10.1. The summed E-state index contributed by atoms with van der Waals surface area (Å²) in [4.78, 5) is 10.8. The van der Waals surface area contributed by atoms with Crippen LogP contribution in [0, 0.1) is 5.92 Å². The highest BCUT2D eigenvalue weighted by atomic mass is 35.5. The number of hydrogen-bond acceptors (Lipinski definition) is 4. The molecule has 0 aliphatic carbocycles. The van der Waals surface area contributed by atoms with Crippen molar-refractivity contribution < 1.29 is 14.3 Å². The topological polar surface area (TPSA) is 61.5 Å². The average Bonchev–Trinajstić information content (AvgIpc) is 2.34. The molecule has 1 rings (SSSR count). The van der Waals surface area contributed by atoms with E-state index in [1.165, 1.54) is 7.11 Å². The largest absolute Gasteiger partial charge is 0.469 e. The summed E-state index contributed by atoms with van der Waals surface area (Å²) in [6.45, 7) is 0.855. The van der Waals surface area contributed by atoms with E-state index in [0.717, 1.165) is 0 Å². The maximum Gasteiger partial charge on any atom is 0.312 e. The van der Waals surface area contributed by atoms with Crippen LogP contribution in [-0.2, 0) is 14.3 Å². The third-order valence-corrected chi connectivity index (χ3v) is 1.63. The molecule has 2 N–H and O–H groups in total. The fraction of sp³-hybridized carbons (Fsp3) is 0.833. The first kappa shape index (κ1) is 10.7. The highest BCUT2D eigenvalue weighted by molar-refractivity contribution is 5.85. The molecule has 0 aromatic carbocycles. The number of carbonyl (C=O) groups is 1. The fourth-order valence-corrected chi connectivity index (χ4v) is 0.965. The van der Waals surface area contributed by atoms with Crippen molar-refractivity contribution in [2.24, 2.45) is 11.7 Å². The van der Waals surface area contributed by atoms with Gasteiger partial charge in [-0.05, 0) is 0 Å². The van der Waals surface area contributed by atoms with Gasteiger partial charge in [0.2, 0.25) is 0 Å². The number of halogens is 1. The first-order valence-electron chi connectivity index (χ1n) is 3.17. The molecule has 0 amide bonds. The van der Waals surface area contributed by atoms with Crippen LogP contribution in [0.1, 0.15) is 0 Å². The molecule has 0 saturated carbocycles. The Balaban J connectivity index is 0.000001000. The minimum Gasteiger partial charge on any atom is -0.469 e. The highest BCUT2D eigenvalue weighted by Crippen LogP contribution is 2.12. The van der Waals surface area contributed by atoms with Gasteiger partial charge in [-0.25, -0.2) is 0 Å². The number of methoxy groups -OCH3 is 1. The molecule has 1 heterocycles. The quantitative estimate of drug-likeness (QED) is 0.557. The van der Waals surface area contributed by atoms with E-state index in [9.17, 15) is 4.79 Å². The van der Waals surface area contributed by atoms with Crippen molar-refractivity contribution in [3.63, 3.8) is 0 Å². The summed E-state index contributed by atoms with van der Waals surface area (Å²) in [7, 11) is 1.35. The van der Waals surface area contributed by atoms with E-state index < -0.39 is 0 Å². The smallest absolute Gasteiger partial charge is 0.312 e. The van der Waals surface area contributed by atoms with Gasteiger partial charge in [0, 0.05) is 6.04 Å². The summed E-state index contributed by atoms with van der Waals surface area (Å²) in [6, 6.07) is -0.188. The normalized spacial score (nSPS) is 29.3. The SMILES string of the molecule is COC(=O)[C@H]1COC[C@H]1N.Cl. The molecule has 4 nitrogen and oxygen atoms in total. The minimum absolute atomic E-state index is 0. The average molecular weight is 182 g/mol. The zero-order chi connectivity index (χ0) is 7.56. The first-order valence-corrected chi connectivity index (χ1v) is 3.17. The third kappa shape index (κ3) is 2.32. The molecule has 0 spiro atoms. The number of carbonyl (C=O) groups excluding carboxylic acids is 1. The maximum absolute atomic E-state index is 10.8. The molecule has 0 unspecified atom stereocenters. The summed E-state index contributed by atoms with van der Waals surface area (Å²) < 4.78 is 9.47. The molecule has 1 aliphatic heterocycles. The molecular weight excluding hydrogens is 170 g/mol. The number of nitrogens with two attached hydrogens (primary N) is 1. The predicted molar refractivity (Wildman–Crippen MR) is 41.5 cm³/mol. The van der Waals surface area contributed by atoms with E-state index in [0.29, 0.717) is 13.2 Å². The second kappa shape index (κ2) is 4.54. The van der Waals surface area contributed by atoms with Crippen LogP contribution in [0.15, 0.2) is 0 Å². The Morgan fingerprint density at radius 1 is 1.64 bits per heavy atom. The number of ether oxygens (including phenoxy) is 2. The molecule has 0 bridgehead atoms. The minimum atomic E-state index is -0.273. The Bertz CT molecular complexity index is 142. The summed E-state index contributed by atoms with van der Waals surface area (Å²) in [5.41, 5.74) is 5.53. The third-order valence-electron chi connectivity index (χ3n) is 1.63. The molecule has 0 aromatic heterocycles. The number of esters is 1. The Labute approximate surface area is 71.4 Å². The predicted octanol–water partition coefficient (Wildman–Crippen LogP) is -0.445. The van der Waals surface area contributed by atoms with E-state index in [1.807, 2.05) is 0 Å². The highest BCUT2D eigenvalue weighted by Gasteiger charge is 2.31. The van der Waals surface area contributed by atoms with Gasteiger partial charge in [-0.15, -0.1) is 12.4 Å². The van der Waals surface area contributed by atoms with Crippen molar-refractivity contribution >= 4 is 18.4 Å². The van der Waals surface area contributed by atoms with Crippen molar-refractivity contribution in [1.82, 2.24) is 0 Å². The molecule has 66 valence electrons. The van der Waals surface area contributed by atoms with Crippen LogP contribution >= 0.6 is 12.4 Å². The van der Waals surface area contributed by atoms with Gasteiger partial charge >= 0.3 is 5.97 Å². The van der Waals surface area contributed by atoms with E-state index in [4.69, 9.17) is 10.5 Å². The van der Waals surface area contributed by atoms with Crippen molar-refractivity contribution in [2.75, 3.05) is 20.3 Å². The zero-order valence-electron chi connectivity index (χ0n) is 6.28. The molecule has 5 heteroatoms.